The number of benzene rings is 1. The van der Waals surface area contributed by atoms with Crippen LogP contribution in [0.25, 0.3) is 10.9 Å². The number of carbonyl (C=O) groups excluding carboxylic acids is 1. The van der Waals surface area contributed by atoms with Crippen LogP contribution in [0.1, 0.15) is 10.5 Å². The van der Waals surface area contributed by atoms with Crippen molar-refractivity contribution in [2.75, 3.05) is 7.11 Å². The Labute approximate surface area is 107 Å². The van der Waals surface area contributed by atoms with Gasteiger partial charge in [-0.15, -0.1) is 0 Å². The number of halogens is 1. The van der Waals surface area contributed by atoms with Gasteiger partial charge in [-0.1, -0.05) is 0 Å². The van der Waals surface area contributed by atoms with Crippen LogP contribution in [0, 0.1) is 5.82 Å². The van der Waals surface area contributed by atoms with Gasteiger partial charge in [0.15, 0.2) is 5.69 Å². The molecule has 0 aliphatic rings. The summed E-state index contributed by atoms with van der Waals surface area (Å²) in [6.07, 6.45) is 0. The van der Waals surface area contributed by atoms with Crippen LogP contribution in [0.5, 0.6) is 0 Å². The number of hydrogen-bond donors (Lipinski definition) is 0. The molecule has 2 rings (SSSR count). The SMILES string of the molecule is [B]C([B])([B])n1nc(C(=O)OC)c2ccc(F)cc21. The lowest BCUT2D eigenvalue weighted by Crippen LogP contribution is -2.36. The molecule has 0 spiro atoms. The molecule has 1 aromatic carbocycles. The summed E-state index contributed by atoms with van der Waals surface area (Å²) in [6.45, 7) is 0. The molecule has 0 N–H and O–H groups in total. The third-order valence-corrected chi connectivity index (χ3v) is 2.39. The normalized spacial score (nSPS) is 11.7. The van der Waals surface area contributed by atoms with Gasteiger partial charge in [-0.3, -0.25) is 4.68 Å². The number of rotatable bonds is 2. The van der Waals surface area contributed by atoms with E-state index in [-0.39, 0.29) is 11.2 Å². The van der Waals surface area contributed by atoms with Gasteiger partial charge >= 0.3 is 5.97 Å². The van der Waals surface area contributed by atoms with Gasteiger partial charge in [-0.25, -0.2) is 9.18 Å². The standard InChI is InChI=1S/C10H6B3FN2O2/c1-18-9(17)8-6-3-2-5(14)4-7(6)16(15-8)10(11,12)13/h2-4H,1H3. The minimum atomic E-state index is -1.85. The minimum Gasteiger partial charge on any atom is -0.464 e. The zero-order valence-corrected chi connectivity index (χ0v) is 9.55. The Morgan fingerprint density at radius 3 is 2.67 bits per heavy atom. The first-order valence-corrected chi connectivity index (χ1v) is 4.98. The highest BCUT2D eigenvalue weighted by atomic mass is 19.1. The van der Waals surface area contributed by atoms with E-state index in [2.05, 4.69) is 9.84 Å². The molecule has 6 radical (unpaired) electrons. The van der Waals surface area contributed by atoms with Gasteiger partial charge in [0.25, 0.3) is 0 Å². The monoisotopic (exact) mass is 238 g/mol. The average molecular weight is 238 g/mol. The minimum absolute atomic E-state index is 0.0294. The lowest BCUT2D eigenvalue weighted by molar-refractivity contribution is 0.0595. The lowest BCUT2D eigenvalue weighted by Gasteiger charge is -2.22. The van der Waals surface area contributed by atoms with E-state index in [0.717, 1.165) is 10.7 Å². The van der Waals surface area contributed by atoms with Crippen LogP contribution in [0.3, 0.4) is 0 Å². The Kier molecular flexibility index (Phi) is 2.96. The van der Waals surface area contributed by atoms with Gasteiger partial charge in [-0.05, 0) is 23.4 Å². The Morgan fingerprint density at radius 2 is 2.11 bits per heavy atom. The molecule has 8 heteroatoms. The van der Waals surface area contributed by atoms with Crippen molar-refractivity contribution in [1.82, 2.24) is 9.78 Å². The quantitative estimate of drug-likeness (QED) is 0.547. The summed E-state index contributed by atoms with van der Waals surface area (Å²) >= 11 is 0. The molecule has 0 aliphatic heterocycles. The van der Waals surface area contributed by atoms with Crippen LogP contribution >= 0.6 is 0 Å². The highest BCUT2D eigenvalue weighted by Crippen LogP contribution is 2.23. The fourth-order valence-electron chi connectivity index (χ4n) is 1.63. The summed E-state index contributed by atoms with van der Waals surface area (Å²) in [7, 11) is 17.7. The molecular weight excluding hydrogens is 232 g/mol. The van der Waals surface area contributed by atoms with Crippen LogP contribution < -0.4 is 0 Å². The van der Waals surface area contributed by atoms with E-state index < -0.39 is 17.0 Å². The third-order valence-electron chi connectivity index (χ3n) is 2.39. The number of carbonyl (C=O) groups is 1. The largest absolute Gasteiger partial charge is 0.464 e. The predicted molar refractivity (Wildman–Crippen MR) is 66.3 cm³/mol. The molecule has 0 atom stereocenters. The first-order chi connectivity index (χ1) is 8.34. The van der Waals surface area contributed by atoms with Gasteiger partial charge in [0.05, 0.1) is 36.2 Å². The Bertz CT molecular complexity index is 621. The highest BCUT2D eigenvalue weighted by Gasteiger charge is 2.23. The fourth-order valence-corrected chi connectivity index (χ4v) is 1.63. The molecule has 0 aliphatic carbocycles. The molecule has 84 valence electrons. The fraction of sp³-hybridized carbons (Fsp3) is 0.200. The molecule has 1 aromatic heterocycles. The number of hydrogen-bond acceptors (Lipinski definition) is 3. The van der Waals surface area contributed by atoms with Crippen LogP contribution in [0.15, 0.2) is 18.2 Å². The van der Waals surface area contributed by atoms with Crippen molar-refractivity contribution in [1.29, 1.82) is 0 Å². The topological polar surface area (TPSA) is 44.1 Å². The van der Waals surface area contributed by atoms with Gasteiger partial charge in [0.2, 0.25) is 0 Å². The molecule has 0 bridgehead atoms. The number of methoxy groups -OCH3 is 1. The molecule has 0 fully saturated rings. The molecule has 1 heterocycles. The second kappa shape index (κ2) is 4.19. The number of esters is 1. The van der Waals surface area contributed by atoms with E-state index >= 15 is 0 Å². The zero-order valence-electron chi connectivity index (χ0n) is 9.55. The van der Waals surface area contributed by atoms with Crippen LogP contribution in [-0.4, -0.2) is 46.4 Å². The summed E-state index contributed by atoms with van der Waals surface area (Å²) in [5, 5.41) is 2.38. The van der Waals surface area contributed by atoms with E-state index in [4.69, 9.17) is 23.5 Å². The maximum Gasteiger partial charge on any atom is 0.359 e. The molecule has 0 saturated heterocycles. The third kappa shape index (κ3) is 2.02. The molecule has 2 aromatic rings. The summed E-state index contributed by atoms with van der Waals surface area (Å²) in [5.74, 6) is -1.21. The molecular formula is C10H6B3FN2O2. The summed E-state index contributed by atoms with van der Waals surface area (Å²) in [5.41, 5.74) is 0.182. The molecule has 0 amide bonds. The van der Waals surface area contributed by atoms with Crippen molar-refractivity contribution in [3.63, 3.8) is 0 Å². The van der Waals surface area contributed by atoms with Crippen molar-refractivity contribution in [2.24, 2.45) is 0 Å². The number of nitrogens with zero attached hydrogens (tertiary/aromatic N) is 2. The van der Waals surface area contributed by atoms with Crippen molar-refractivity contribution in [3.8, 4) is 0 Å². The summed E-state index contributed by atoms with van der Waals surface area (Å²) in [6, 6.07) is 3.70. The van der Waals surface area contributed by atoms with Crippen LogP contribution in [0.4, 0.5) is 4.39 Å². The Balaban J connectivity index is 2.79. The number of ether oxygens (including phenoxy) is 1. The molecule has 4 nitrogen and oxygen atoms in total. The molecule has 0 saturated carbocycles. The van der Waals surface area contributed by atoms with E-state index in [0.29, 0.717) is 5.39 Å². The second-order valence-corrected chi connectivity index (χ2v) is 3.80. The van der Waals surface area contributed by atoms with Gasteiger partial charge in [0.1, 0.15) is 5.82 Å². The van der Waals surface area contributed by atoms with Crippen LogP contribution in [-0.2, 0) is 9.97 Å². The smallest absolute Gasteiger partial charge is 0.359 e. The van der Waals surface area contributed by atoms with Crippen molar-refractivity contribution in [3.05, 3.63) is 29.7 Å². The van der Waals surface area contributed by atoms with E-state index in [1.165, 1.54) is 19.2 Å². The first-order valence-electron chi connectivity index (χ1n) is 4.98. The second-order valence-electron chi connectivity index (χ2n) is 3.80. The highest BCUT2D eigenvalue weighted by molar-refractivity contribution is 6.56. The van der Waals surface area contributed by atoms with Crippen molar-refractivity contribution >= 4 is 40.4 Å². The Morgan fingerprint density at radius 1 is 1.44 bits per heavy atom. The van der Waals surface area contributed by atoms with Gasteiger partial charge in [-0.2, -0.15) is 5.10 Å². The summed E-state index contributed by atoms with van der Waals surface area (Å²) in [4.78, 5) is 11.5. The number of fused-ring (bicyclic) bond motifs is 1. The van der Waals surface area contributed by atoms with E-state index in [1.807, 2.05) is 0 Å². The summed E-state index contributed by atoms with van der Waals surface area (Å²) < 4.78 is 18.8. The van der Waals surface area contributed by atoms with Gasteiger partial charge < -0.3 is 4.74 Å². The maximum atomic E-state index is 13.2. The van der Waals surface area contributed by atoms with E-state index in [1.54, 1.807) is 0 Å². The number of aromatic nitrogens is 2. The van der Waals surface area contributed by atoms with Crippen LogP contribution in [0.2, 0.25) is 0 Å². The Hall–Kier alpha value is -1.72. The van der Waals surface area contributed by atoms with Gasteiger partial charge in [0, 0.05) is 5.39 Å². The maximum absolute atomic E-state index is 13.2. The van der Waals surface area contributed by atoms with Crippen molar-refractivity contribution in [2.45, 2.75) is 5.24 Å². The predicted octanol–water partition coefficient (Wildman–Crippen LogP) is 0.0353. The van der Waals surface area contributed by atoms with Crippen molar-refractivity contribution < 1.29 is 13.9 Å². The van der Waals surface area contributed by atoms with E-state index in [9.17, 15) is 9.18 Å². The molecule has 18 heavy (non-hydrogen) atoms. The average Bonchev–Trinajstić information content (AvgIpc) is 2.66. The molecule has 0 unspecified atom stereocenters. The first kappa shape index (κ1) is 12.7. The zero-order chi connectivity index (χ0) is 13.5. The lowest BCUT2D eigenvalue weighted by atomic mass is 9.49.